The van der Waals surface area contributed by atoms with Gasteiger partial charge in [0.05, 0.1) is 5.60 Å². The molecule has 1 saturated carbocycles. The molecule has 2 aliphatic heterocycles. The standard InChI is InChI=1S/C19H26FNO2/c20-18-4-2-1-3-16(18)11-21-13-19(14-21)17(8-10-23-19)7-9-22-12-15-5-6-15/h1-4,15,17H,5-14H2/t17-/m1/s1. The van der Waals surface area contributed by atoms with Crippen molar-refractivity contribution in [3.63, 3.8) is 0 Å². The Kier molecular flexibility index (Phi) is 4.39. The maximum absolute atomic E-state index is 13.8. The molecule has 1 aliphatic carbocycles. The normalized spacial score (nSPS) is 26.6. The van der Waals surface area contributed by atoms with Gasteiger partial charge in [-0.25, -0.2) is 4.39 Å². The van der Waals surface area contributed by atoms with Gasteiger partial charge in [0, 0.05) is 45.0 Å². The predicted octanol–water partition coefficient (Wildman–Crippen LogP) is 3.23. The van der Waals surface area contributed by atoms with Gasteiger partial charge in [-0.1, -0.05) is 18.2 Å². The molecule has 0 N–H and O–H groups in total. The van der Waals surface area contributed by atoms with Crippen molar-refractivity contribution in [3.05, 3.63) is 35.6 Å². The summed E-state index contributed by atoms with van der Waals surface area (Å²) in [5.74, 6) is 1.33. The molecule has 3 fully saturated rings. The number of hydrogen-bond donors (Lipinski definition) is 0. The van der Waals surface area contributed by atoms with Crippen LogP contribution in [0, 0.1) is 17.7 Å². The number of ether oxygens (including phenoxy) is 2. The summed E-state index contributed by atoms with van der Waals surface area (Å²) >= 11 is 0. The first kappa shape index (κ1) is 15.6. The van der Waals surface area contributed by atoms with Crippen LogP contribution >= 0.6 is 0 Å². The van der Waals surface area contributed by atoms with E-state index in [2.05, 4.69) is 4.90 Å². The molecule has 3 nitrogen and oxygen atoms in total. The van der Waals surface area contributed by atoms with Crippen molar-refractivity contribution in [2.45, 2.75) is 37.8 Å². The van der Waals surface area contributed by atoms with Crippen molar-refractivity contribution >= 4 is 0 Å². The Hall–Kier alpha value is -0.970. The quantitative estimate of drug-likeness (QED) is 0.720. The molecule has 1 spiro atoms. The van der Waals surface area contributed by atoms with Gasteiger partial charge in [0.25, 0.3) is 0 Å². The van der Waals surface area contributed by atoms with Crippen molar-refractivity contribution in [1.82, 2.24) is 4.90 Å². The Morgan fingerprint density at radius 1 is 1.22 bits per heavy atom. The summed E-state index contributed by atoms with van der Waals surface area (Å²) < 4.78 is 25.6. The average Bonchev–Trinajstić information content (AvgIpc) is 3.24. The second kappa shape index (κ2) is 6.50. The number of halogens is 1. The first-order valence-electron chi connectivity index (χ1n) is 8.93. The number of rotatable bonds is 7. The van der Waals surface area contributed by atoms with Crippen molar-refractivity contribution in [2.24, 2.45) is 11.8 Å². The van der Waals surface area contributed by atoms with Crippen LogP contribution in [0.2, 0.25) is 0 Å². The fourth-order valence-corrected chi connectivity index (χ4v) is 3.99. The number of likely N-dealkylation sites (tertiary alicyclic amines) is 1. The molecule has 4 heteroatoms. The average molecular weight is 319 g/mol. The molecule has 4 rings (SSSR count). The van der Waals surface area contributed by atoms with E-state index < -0.39 is 0 Å². The molecular formula is C19H26FNO2. The molecule has 0 bridgehead atoms. The lowest BCUT2D eigenvalue weighted by Crippen LogP contribution is -2.64. The van der Waals surface area contributed by atoms with Gasteiger partial charge in [-0.05, 0) is 43.6 Å². The molecule has 1 aromatic carbocycles. The second-order valence-corrected chi connectivity index (χ2v) is 7.44. The van der Waals surface area contributed by atoms with E-state index in [1.165, 1.54) is 18.9 Å². The van der Waals surface area contributed by atoms with Crippen LogP contribution in [0.4, 0.5) is 4.39 Å². The third-order valence-corrected chi connectivity index (χ3v) is 5.60. The molecule has 2 saturated heterocycles. The van der Waals surface area contributed by atoms with E-state index in [1.807, 2.05) is 12.1 Å². The van der Waals surface area contributed by atoms with E-state index in [0.29, 0.717) is 12.5 Å². The summed E-state index contributed by atoms with van der Waals surface area (Å²) in [5, 5.41) is 0. The van der Waals surface area contributed by atoms with Crippen molar-refractivity contribution in [1.29, 1.82) is 0 Å². The van der Waals surface area contributed by atoms with E-state index in [0.717, 1.165) is 57.2 Å². The summed E-state index contributed by atoms with van der Waals surface area (Å²) in [7, 11) is 0. The van der Waals surface area contributed by atoms with Crippen LogP contribution in [0.1, 0.15) is 31.2 Å². The van der Waals surface area contributed by atoms with Gasteiger partial charge in [-0.2, -0.15) is 0 Å². The molecule has 0 amide bonds. The molecule has 3 aliphatic rings. The molecule has 23 heavy (non-hydrogen) atoms. The van der Waals surface area contributed by atoms with Crippen LogP contribution in [0.5, 0.6) is 0 Å². The lowest BCUT2D eigenvalue weighted by molar-refractivity contribution is -0.139. The molecule has 0 radical (unpaired) electrons. The fraction of sp³-hybridized carbons (Fsp3) is 0.684. The van der Waals surface area contributed by atoms with Crippen LogP contribution in [-0.2, 0) is 16.0 Å². The number of benzene rings is 1. The monoisotopic (exact) mass is 319 g/mol. The minimum absolute atomic E-state index is 0.00813. The summed E-state index contributed by atoms with van der Waals surface area (Å²) in [4.78, 5) is 2.29. The topological polar surface area (TPSA) is 21.7 Å². The minimum Gasteiger partial charge on any atom is -0.381 e. The molecule has 0 unspecified atom stereocenters. The summed E-state index contributed by atoms with van der Waals surface area (Å²) in [6, 6.07) is 7.06. The molecule has 2 heterocycles. The number of hydrogen-bond acceptors (Lipinski definition) is 3. The van der Waals surface area contributed by atoms with Crippen molar-refractivity contribution < 1.29 is 13.9 Å². The van der Waals surface area contributed by atoms with E-state index >= 15 is 0 Å². The maximum atomic E-state index is 13.8. The molecule has 1 aromatic rings. The zero-order valence-corrected chi connectivity index (χ0v) is 13.7. The summed E-state index contributed by atoms with van der Waals surface area (Å²) in [5.41, 5.74) is 0.790. The second-order valence-electron chi connectivity index (χ2n) is 7.44. The van der Waals surface area contributed by atoms with E-state index in [1.54, 1.807) is 6.07 Å². The Balaban J connectivity index is 1.25. The highest BCUT2D eigenvalue weighted by molar-refractivity contribution is 5.18. The lowest BCUT2D eigenvalue weighted by Gasteiger charge is -2.50. The van der Waals surface area contributed by atoms with Gasteiger partial charge in [-0.15, -0.1) is 0 Å². The Morgan fingerprint density at radius 3 is 2.83 bits per heavy atom. The molecule has 0 aromatic heterocycles. The van der Waals surface area contributed by atoms with Crippen LogP contribution in [-0.4, -0.2) is 43.4 Å². The zero-order valence-electron chi connectivity index (χ0n) is 13.7. The van der Waals surface area contributed by atoms with Crippen molar-refractivity contribution in [2.75, 3.05) is 32.9 Å². The first-order chi connectivity index (χ1) is 11.3. The van der Waals surface area contributed by atoms with Gasteiger partial charge in [0.2, 0.25) is 0 Å². The maximum Gasteiger partial charge on any atom is 0.127 e. The highest BCUT2D eigenvalue weighted by atomic mass is 19.1. The lowest BCUT2D eigenvalue weighted by atomic mass is 9.79. The highest BCUT2D eigenvalue weighted by Crippen LogP contribution is 2.42. The summed E-state index contributed by atoms with van der Waals surface area (Å²) in [6.07, 6.45) is 4.93. The molecule has 126 valence electrons. The smallest absolute Gasteiger partial charge is 0.127 e. The van der Waals surface area contributed by atoms with Crippen molar-refractivity contribution in [3.8, 4) is 0 Å². The van der Waals surface area contributed by atoms with Crippen LogP contribution < -0.4 is 0 Å². The first-order valence-corrected chi connectivity index (χ1v) is 8.93. The molecule has 1 atom stereocenters. The third-order valence-electron chi connectivity index (χ3n) is 5.60. The number of nitrogens with zero attached hydrogens (tertiary/aromatic N) is 1. The Labute approximate surface area is 137 Å². The Morgan fingerprint density at radius 2 is 2.04 bits per heavy atom. The van der Waals surface area contributed by atoms with Gasteiger partial charge in [0.1, 0.15) is 5.82 Å². The predicted molar refractivity (Wildman–Crippen MR) is 86.6 cm³/mol. The van der Waals surface area contributed by atoms with Gasteiger partial charge in [-0.3, -0.25) is 4.90 Å². The van der Waals surface area contributed by atoms with E-state index in [9.17, 15) is 4.39 Å². The fourth-order valence-electron chi connectivity index (χ4n) is 3.99. The van der Waals surface area contributed by atoms with Gasteiger partial charge < -0.3 is 9.47 Å². The van der Waals surface area contributed by atoms with Crippen LogP contribution in [0.3, 0.4) is 0 Å². The van der Waals surface area contributed by atoms with Gasteiger partial charge in [0.15, 0.2) is 0 Å². The van der Waals surface area contributed by atoms with E-state index in [-0.39, 0.29) is 11.4 Å². The third kappa shape index (κ3) is 3.44. The highest BCUT2D eigenvalue weighted by Gasteiger charge is 2.52. The van der Waals surface area contributed by atoms with Gasteiger partial charge >= 0.3 is 0 Å². The Bertz CT molecular complexity index is 540. The van der Waals surface area contributed by atoms with Crippen LogP contribution in [0.25, 0.3) is 0 Å². The largest absolute Gasteiger partial charge is 0.381 e. The zero-order chi connectivity index (χ0) is 15.7. The van der Waals surface area contributed by atoms with E-state index in [4.69, 9.17) is 9.47 Å². The minimum atomic E-state index is -0.106. The SMILES string of the molecule is Fc1ccccc1CN1CC2(C1)OCC[C@H]2CCOCC1CC1. The molecular weight excluding hydrogens is 293 g/mol. The summed E-state index contributed by atoms with van der Waals surface area (Å²) in [6.45, 7) is 5.20. The van der Waals surface area contributed by atoms with Crippen LogP contribution in [0.15, 0.2) is 24.3 Å².